The molecule has 1 aliphatic heterocycles. The fraction of sp³-hybridized carbons (Fsp3) is 0.471. The minimum atomic E-state index is -0.621. The molecule has 0 aliphatic carbocycles. The zero-order valence-electron chi connectivity index (χ0n) is 14.2. The molecule has 6 nitrogen and oxygen atoms in total. The molecule has 0 saturated carbocycles. The maximum absolute atomic E-state index is 12.3. The molecule has 8 heteroatoms. The Morgan fingerprint density at radius 2 is 2.08 bits per heavy atom. The summed E-state index contributed by atoms with van der Waals surface area (Å²) in [7, 11) is 0. The summed E-state index contributed by atoms with van der Waals surface area (Å²) in [5.41, 5.74) is 0.984. The van der Waals surface area contributed by atoms with Gasteiger partial charge in [-0.1, -0.05) is 12.5 Å². The summed E-state index contributed by atoms with van der Waals surface area (Å²) < 4.78 is 0. The van der Waals surface area contributed by atoms with E-state index in [-0.39, 0.29) is 11.8 Å². The molecule has 1 fully saturated rings. The van der Waals surface area contributed by atoms with E-state index >= 15 is 0 Å². The average Bonchev–Trinajstić information content (AvgIpc) is 3.28. The van der Waals surface area contributed by atoms with Gasteiger partial charge >= 0.3 is 0 Å². The predicted molar refractivity (Wildman–Crippen MR) is 101 cm³/mol. The fourth-order valence-corrected chi connectivity index (χ4v) is 4.07. The van der Waals surface area contributed by atoms with Crippen LogP contribution in [0, 0.1) is 0 Å². The Labute approximate surface area is 155 Å². The standard InChI is InChI=1S/C17H22N4O2S2/c1-12(18-16(23)14-6-5-9-24-14)15(22)20-17-19-13(11-25-17)10-21-7-3-2-4-8-21/h5-6,9,11-12H,2-4,7-8,10H2,1H3,(H,18,23)(H,19,20,22). The van der Waals surface area contributed by atoms with E-state index in [0.717, 1.165) is 25.3 Å². The van der Waals surface area contributed by atoms with E-state index in [4.69, 9.17) is 0 Å². The van der Waals surface area contributed by atoms with Crippen LogP contribution in [-0.2, 0) is 11.3 Å². The molecule has 1 saturated heterocycles. The van der Waals surface area contributed by atoms with Crippen LogP contribution in [0.15, 0.2) is 22.9 Å². The van der Waals surface area contributed by atoms with Gasteiger partial charge in [0.05, 0.1) is 10.6 Å². The molecule has 2 aromatic heterocycles. The van der Waals surface area contributed by atoms with Crippen LogP contribution in [0.2, 0.25) is 0 Å². The second-order valence-electron chi connectivity index (χ2n) is 6.14. The molecule has 1 aliphatic rings. The maximum Gasteiger partial charge on any atom is 0.261 e. The number of thiophene rings is 1. The number of aromatic nitrogens is 1. The molecule has 1 unspecified atom stereocenters. The van der Waals surface area contributed by atoms with Crippen molar-refractivity contribution in [2.24, 2.45) is 0 Å². The van der Waals surface area contributed by atoms with Gasteiger partial charge in [-0.15, -0.1) is 22.7 Å². The normalized spacial score (nSPS) is 16.4. The minimum Gasteiger partial charge on any atom is -0.340 e. The van der Waals surface area contributed by atoms with Gasteiger partial charge < -0.3 is 10.6 Å². The number of rotatable bonds is 6. The number of carbonyl (C=O) groups excluding carboxylic acids is 2. The molecular formula is C17H22N4O2S2. The first-order valence-corrected chi connectivity index (χ1v) is 10.2. The number of likely N-dealkylation sites (tertiary alicyclic amines) is 1. The third-order valence-corrected chi connectivity index (χ3v) is 5.78. The van der Waals surface area contributed by atoms with E-state index in [9.17, 15) is 9.59 Å². The van der Waals surface area contributed by atoms with Crippen LogP contribution in [0.5, 0.6) is 0 Å². The smallest absolute Gasteiger partial charge is 0.261 e. The topological polar surface area (TPSA) is 74.3 Å². The zero-order valence-corrected chi connectivity index (χ0v) is 15.8. The van der Waals surface area contributed by atoms with Crippen LogP contribution in [0.25, 0.3) is 0 Å². The molecule has 2 amide bonds. The molecule has 3 rings (SSSR count). The second kappa shape index (κ2) is 8.55. The van der Waals surface area contributed by atoms with Gasteiger partial charge in [0.1, 0.15) is 6.04 Å². The number of thiazole rings is 1. The third-order valence-electron chi connectivity index (χ3n) is 4.10. The Kier molecular flexibility index (Phi) is 6.17. The number of piperidine rings is 1. The quantitative estimate of drug-likeness (QED) is 0.810. The van der Waals surface area contributed by atoms with Gasteiger partial charge in [-0.05, 0) is 44.3 Å². The van der Waals surface area contributed by atoms with Gasteiger partial charge in [0, 0.05) is 11.9 Å². The fourth-order valence-electron chi connectivity index (χ4n) is 2.74. The van der Waals surface area contributed by atoms with Crippen molar-refractivity contribution in [1.29, 1.82) is 0 Å². The van der Waals surface area contributed by atoms with E-state index < -0.39 is 6.04 Å². The van der Waals surface area contributed by atoms with Gasteiger partial charge in [0.15, 0.2) is 5.13 Å². The number of nitrogens with one attached hydrogen (secondary N) is 2. The van der Waals surface area contributed by atoms with Crippen molar-refractivity contribution in [1.82, 2.24) is 15.2 Å². The van der Waals surface area contributed by atoms with Crippen molar-refractivity contribution in [3.63, 3.8) is 0 Å². The van der Waals surface area contributed by atoms with Gasteiger partial charge in [0.2, 0.25) is 5.91 Å². The molecule has 134 valence electrons. The third kappa shape index (κ3) is 5.10. The maximum atomic E-state index is 12.3. The monoisotopic (exact) mass is 378 g/mol. The lowest BCUT2D eigenvalue weighted by molar-refractivity contribution is -0.117. The molecule has 0 spiro atoms. The summed E-state index contributed by atoms with van der Waals surface area (Å²) in [4.78, 5) is 31.7. The lowest BCUT2D eigenvalue weighted by Gasteiger charge is -2.25. The Morgan fingerprint density at radius 3 is 2.80 bits per heavy atom. The lowest BCUT2D eigenvalue weighted by Crippen LogP contribution is -2.41. The number of nitrogens with zero attached hydrogens (tertiary/aromatic N) is 2. The Morgan fingerprint density at radius 1 is 1.28 bits per heavy atom. The highest BCUT2D eigenvalue weighted by molar-refractivity contribution is 7.14. The summed E-state index contributed by atoms with van der Waals surface area (Å²) >= 11 is 2.77. The number of anilines is 1. The first kappa shape index (κ1) is 18.0. The number of hydrogen-bond donors (Lipinski definition) is 2. The van der Waals surface area contributed by atoms with Crippen molar-refractivity contribution >= 4 is 39.6 Å². The first-order valence-electron chi connectivity index (χ1n) is 8.44. The van der Waals surface area contributed by atoms with Crippen LogP contribution in [0.1, 0.15) is 41.6 Å². The number of hydrogen-bond acceptors (Lipinski definition) is 6. The Balaban J connectivity index is 1.49. The van der Waals surface area contributed by atoms with Crippen LogP contribution >= 0.6 is 22.7 Å². The van der Waals surface area contributed by atoms with Crippen molar-refractivity contribution < 1.29 is 9.59 Å². The zero-order chi connectivity index (χ0) is 17.6. The molecule has 0 bridgehead atoms. The second-order valence-corrected chi connectivity index (χ2v) is 7.95. The summed E-state index contributed by atoms with van der Waals surface area (Å²) in [6.45, 7) is 4.73. The number of carbonyl (C=O) groups is 2. The highest BCUT2D eigenvalue weighted by atomic mass is 32.1. The predicted octanol–water partition coefficient (Wildman–Crippen LogP) is 2.95. The highest BCUT2D eigenvalue weighted by Gasteiger charge is 2.19. The van der Waals surface area contributed by atoms with E-state index in [0.29, 0.717) is 10.0 Å². The van der Waals surface area contributed by atoms with Gasteiger partial charge in [-0.3, -0.25) is 14.5 Å². The van der Waals surface area contributed by atoms with Crippen molar-refractivity contribution in [3.8, 4) is 0 Å². The summed E-state index contributed by atoms with van der Waals surface area (Å²) in [6, 6.07) is 2.92. The molecule has 2 N–H and O–H groups in total. The Hall–Kier alpha value is -1.77. The molecule has 0 aromatic carbocycles. The summed E-state index contributed by atoms with van der Waals surface area (Å²) in [5, 5.41) is 9.89. The Bertz CT molecular complexity index is 708. The van der Waals surface area contributed by atoms with E-state index in [1.807, 2.05) is 16.8 Å². The molecule has 2 aromatic rings. The van der Waals surface area contributed by atoms with Crippen LogP contribution in [0.4, 0.5) is 5.13 Å². The summed E-state index contributed by atoms with van der Waals surface area (Å²) in [6.07, 6.45) is 3.80. The molecule has 1 atom stereocenters. The molecule has 3 heterocycles. The van der Waals surface area contributed by atoms with Crippen molar-refractivity contribution in [2.45, 2.75) is 38.8 Å². The lowest BCUT2D eigenvalue weighted by atomic mass is 10.1. The minimum absolute atomic E-state index is 0.234. The van der Waals surface area contributed by atoms with Crippen molar-refractivity contribution in [3.05, 3.63) is 33.5 Å². The van der Waals surface area contributed by atoms with Gasteiger partial charge in [-0.2, -0.15) is 0 Å². The SMILES string of the molecule is CC(NC(=O)c1cccs1)C(=O)Nc1nc(CN2CCCCC2)cs1. The number of amides is 2. The first-order chi connectivity index (χ1) is 12.1. The largest absolute Gasteiger partial charge is 0.340 e. The van der Waals surface area contributed by atoms with Gasteiger partial charge in [0.25, 0.3) is 5.91 Å². The van der Waals surface area contributed by atoms with Crippen molar-refractivity contribution in [2.75, 3.05) is 18.4 Å². The van der Waals surface area contributed by atoms with Crippen LogP contribution in [-0.4, -0.2) is 40.8 Å². The molecular weight excluding hydrogens is 356 g/mol. The molecule has 25 heavy (non-hydrogen) atoms. The van der Waals surface area contributed by atoms with Crippen LogP contribution in [0.3, 0.4) is 0 Å². The van der Waals surface area contributed by atoms with E-state index in [2.05, 4.69) is 20.5 Å². The molecule has 0 radical (unpaired) electrons. The van der Waals surface area contributed by atoms with Crippen LogP contribution < -0.4 is 10.6 Å². The highest BCUT2D eigenvalue weighted by Crippen LogP contribution is 2.19. The van der Waals surface area contributed by atoms with E-state index in [1.165, 1.54) is 41.9 Å². The average molecular weight is 379 g/mol. The van der Waals surface area contributed by atoms with Gasteiger partial charge in [-0.25, -0.2) is 4.98 Å². The summed E-state index contributed by atoms with van der Waals surface area (Å²) in [5.74, 6) is -0.494. The van der Waals surface area contributed by atoms with E-state index in [1.54, 1.807) is 13.0 Å².